The van der Waals surface area contributed by atoms with Crippen molar-refractivity contribution in [3.05, 3.63) is 64.1 Å². The van der Waals surface area contributed by atoms with E-state index in [0.29, 0.717) is 30.4 Å². The number of benzene rings is 2. The van der Waals surface area contributed by atoms with Crippen LogP contribution in [-0.2, 0) is 5.54 Å². The Morgan fingerprint density at radius 3 is 2.52 bits per heavy atom. The van der Waals surface area contributed by atoms with Crippen molar-refractivity contribution < 1.29 is 17.9 Å². The molecule has 0 fully saturated rings. The summed E-state index contributed by atoms with van der Waals surface area (Å²) in [4.78, 5) is 11.5. The van der Waals surface area contributed by atoms with Gasteiger partial charge >= 0.3 is 6.36 Å². The van der Waals surface area contributed by atoms with Crippen LogP contribution in [0.5, 0.6) is 5.75 Å². The molecule has 9 heteroatoms. The van der Waals surface area contributed by atoms with Crippen LogP contribution in [0.3, 0.4) is 0 Å². The number of nitrogens with zero attached hydrogens (tertiary/aromatic N) is 3. The Morgan fingerprint density at radius 1 is 1.07 bits per heavy atom. The molecule has 0 saturated carbocycles. The Balaban J connectivity index is 1.87. The van der Waals surface area contributed by atoms with Crippen molar-refractivity contribution in [2.75, 3.05) is 13.1 Å². The minimum absolute atomic E-state index is 0.291. The fourth-order valence-corrected chi connectivity index (χ4v) is 4.14. The van der Waals surface area contributed by atoms with Crippen molar-refractivity contribution in [3.8, 4) is 5.75 Å². The highest BCUT2D eigenvalue weighted by Gasteiger charge is 2.48. The quantitative estimate of drug-likeness (QED) is 0.728. The van der Waals surface area contributed by atoms with Crippen molar-refractivity contribution >= 4 is 27.7 Å². The zero-order valence-corrected chi connectivity index (χ0v) is 16.9. The molecule has 152 valence electrons. The van der Waals surface area contributed by atoms with Crippen LogP contribution in [0.15, 0.2) is 63.0 Å². The van der Waals surface area contributed by atoms with Gasteiger partial charge in [0, 0.05) is 17.6 Å². The van der Waals surface area contributed by atoms with Gasteiger partial charge in [-0.2, -0.15) is 0 Å². The number of hydrogen-bond acceptors (Lipinski definition) is 5. The monoisotopic (exact) mass is 466 g/mol. The maximum absolute atomic E-state index is 12.6. The molecule has 0 bridgehead atoms. The Bertz CT molecular complexity index is 974. The summed E-state index contributed by atoms with van der Waals surface area (Å²) < 4.78 is 42.5. The second-order valence-corrected chi connectivity index (χ2v) is 7.74. The number of fused-ring (bicyclic) bond motifs is 1. The minimum Gasteiger partial charge on any atom is -0.406 e. The molecule has 2 N–H and O–H groups in total. The summed E-state index contributed by atoms with van der Waals surface area (Å²) in [6.07, 6.45) is -2.89. The normalized spacial score (nSPS) is 21.9. The van der Waals surface area contributed by atoms with E-state index in [4.69, 9.17) is 15.7 Å². The van der Waals surface area contributed by atoms with Crippen molar-refractivity contribution in [3.63, 3.8) is 0 Å². The summed E-state index contributed by atoms with van der Waals surface area (Å²) in [6, 6.07) is 13.3. The third kappa shape index (κ3) is 3.71. The van der Waals surface area contributed by atoms with Crippen LogP contribution in [0.4, 0.5) is 13.2 Å². The molecule has 0 aromatic heterocycles. The summed E-state index contributed by atoms with van der Waals surface area (Å²) in [5.74, 6) is 0.747. The topological polar surface area (TPSA) is 63.2 Å². The zero-order valence-electron chi connectivity index (χ0n) is 15.3. The molecule has 2 heterocycles. The zero-order chi connectivity index (χ0) is 20.6. The molecule has 0 aliphatic carbocycles. The molecule has 4 rings (SSSR count). The van der Waals surface area contributed by atoms with Gasteiger partial charge in [-0.05, 0) is 48.2 Å². The highest BCUT2D eigenvalue weighted by Crippen LogP contribution is 2.42. The summed E-state index contributed by atoms with van der Waals surface area (Å²) >= 11 is 3.49. The lowest BCUT2D eigenvalue weighted by atomic mass is 9.82. The SMILES string of the molecule is NC1=NC(c2ccc(OC(F)(F)F)cc2)(c2cccc(Br)c2)C2=NCCCCN12. The van der Waals surface area contributed by atoms with E-state index in [1.54, 1.807) is 12.1 Å². The standard InChI is InChI=1S/C20H18BrF3N4O/c21-15-5-3-4-14(12-15)19(13-6-8-16(9-7-13)29-20(22,23)24)17-26-10-1-2-11-28(17)18(25)27-19/h3-9,12H,1-2,10-11H2,(H2,25,27). The number of aliphatic imine (C=N–C) groups is 2. The molecular weight excluding hydrogens is 449 g/mol. The van der Waals surface area contributed by atoms with Crippen LogP contribution >= 0.6 is 15.9 Å². The predicted octanol–water partition coefficient (Wildman–Crippen LogP) is 4.41. The molecule has 2 aliphatic heterocycles. The van der Waals surface area contributed by atoms with E-state index in [-0.39, 0.29) is 5.75 Å². The minimum atomic E-state index is -4.75. The van der Waals surface area contributed by atoms with E-state index in [0.717, 1.165) is 22.9 Å². The third-order valence-corrected chi connectivity index (χ3v) is 5.43. The molecular formula is C20H18BrF3N4O. The third-order valence-electron chi connectivity index (χ3n) is 4.94. The summed E-state index contributed by atoms with van der Waals surface area (Å²) in [7, 11) is 0. The van der Waals surface area contributed by atoms with Crippen molar-refractivity contribution in [2.45, 2.75) is 24.7 Å². The molecule has 1 atom stereocenters. The first-order chi connectivity index (χ1) is 13.8. The van der Waals surface area contributed by atoms with Gasteiger partial charge in [0.05, 0.1) is 0 Å². The lowest BCUT2D eigenvalue weighted by molar-refractivity contribution is -0.274. The first-order valence-corrected chi connectivity index (χ1v) is 9.89. The van der Waals surface area contributed by atoms with Crippen LogP contribution in [-0.4, -0.2) is 36.1 Å². The molecule has 0 spiro atoms. The number of hydrogen-bond donors (Lipinski definition) is 1. The lowest BCUT2D eigenvalue weighted by Gasteiger charge is -2.30. The Hall–Kier alpha value is -2.55. The lowest BCUT2D eigenvalue weighted by Crippen LogP contribution is -2.43. The number of ether oxygens (including phenoxy) is 1. The van der Waals surface area contributed by atoms with E-state index in [1.165, 1.54) is 12.1 Å². The van der Waals surface area contributed by atoms with E-state index in [2.05, 4.69) is 20.7 Å². The summed E-state index contributed by atoms with van der Waals surface area (Å²) in [5.41, 5.74) is 6.72. The molecule has 1 unspecified atom stereocenters. The molecule has 0 amide bonds. The number of guanidine groups is 1. The van der Waals surface area contributed by atoms with E-state index < -0.39 is 11.9 Å². The van der Waals surface area contributed by atoms with Gasteiger partial charge in [-0.3, -0.25) is 9.89 Å². The van der Waals surface area contributed by atoms with Gasteiger partial charge in [-0.1, -0.05) is 40.2 Å². The maximum atomic E-state index is 12.6. The molecule has 2 aliphatic rings. The number of alkyl halides is 3. The number of rotatable bonds is 3. The van der Waals surface area contributed by atoms with Gasteiger partial charge in [-0.15, -0.1) is 13.2 Å². The van der Waals surface area contributed by atoms with Crippen molar-refractivity contribution in [1.29, 1.82) is 0 Å². The fraction of sp³-hybridized carbons (Fsp3) is 0.300. The van der Waals surface area contributed by atoms with Gasteiger partial charge < -0.3 is 10.5 Å². The van der Waals surface area contributed by atoms with Crippen molar-refractivity contribution in [2.24, 2.45) is 15.7 Å². The largest absolute Gasteiger partial charge is 0.573 e. The smallest absolute Gasteiger partial charge is 0.406 e. The highest BCUT2D eigenvalue weighted by atomic mass is 79.9. The van der Waals surface area contributed by atoms with Gasteiger partial charge in [0.15, 0.2) is 11.5 Å². The van der Waals surface area contributed by atoms with Gasteiger partial charge in [0.1, 0.15) is 11.6 Å². The van der Waals surface area contributed by atoms with Crippen molar-refractivity contribution in [1.82, 2.24) is 4.90 Å². The van der Waals surface area contributed by atoms with E-state index in [9.17, 15) is 13.2 Å². The van der Waals surface area contributed by atoms with Crippen LogP contribution < -0.4 is 10.5 Å². The molecule has 2 aromatic rings. The van der Waals surface area contributed by atoms with Crippen LogP contribution in [0.2, 0.25) is 0 Å². The second-order valence-electron chi connectivity index (χ2n) is 6.83. The summed E-state index contributed by atoms with van der Waals surface area (Å²) in [5, 5.41) is 0. The summed E-state index contributed by atoms with van der Waals surface area (Å²) in [6.45, 7) is 1.33. The molecule has 2 aromatic carbocycles. The second kappa shape index (κ2) is 7.37. The van der Waals surface area contributed by atoms with Gasteiger partial charge in [-0.25, -0.2) is 4.99 Å². The molecule has 5 nitrogen and oxygen atoms in total. The van der Waals surface area contributed by atoms with Gasteiger partial charge in [0.25, 0.3) is 0 Å². The van der Waals surface area contributed by atoms with E-state index in [1.807, 2.05) is 29.2 Å². The first-order valence-electron chi connectivity index (χ1n) is 9.10. The van der Waals surface area contributed by atoms with Crippen LogP contribution in [0.1, 0.15) is 24.0 Å². The number of halogens is 4. The number of amidine groups is 1. The Morgan fingerprint density at radius 2 is 1.83 bits per heavy atom. The highest BCUT2D eigenvalue weighted by molar-refractivity contribution is 9.10. The Kier molecular flexibility index (Phi) is 5.02. The maximum Gasteiger partial charge on any atom is 0.573 e. The predicted molar refractivity (Wildman–Crippen MR) is 108 cm³/mol. The first kappa shape index (κ1) is 19.8. The average molecular weight is 467 g/mol. The number of nitrogens with two attached hydrogens (primary N) is 1. The van der Waals surface area contributed by atoms with Crippen LogP contribution in [0, 0.1) is 0 Å². The fourth-order valence-electron chi connectivity index (χ4n) is 3.74. The Labute approximate surface area is 174 Å². The average Bonchev–Trinajstić information content (AvgIpc) is 2.82. The molecule has 29 heavy (non-hydrogen) atoms. The van der Waals surface area contributed by atoms with E-state index >= 15 is 0 Å². The van der Waals surface area contributed by atoms with Crippen LogP contribution in [0.25, 0.3) is 0 Å². The van der Waals surface area contributed by atoms with Gasteiger partial charge in [0.2, 0.25) is 0 Å². The molecule has 0 radical (unpaired) electrons. The molecule has 0 saturated heterocycles.